The Hall–Kier alpha value is -1.60. The van der Waals surface area contributed by atoms with Crippen LogP contribution in [0, 0.1) is 0 Å². The molecule has 1 saturated heterocycles. The van der Waals surface area contributed by atoms with Gasteiger partial charge in [-0.05, 0) is 50.5 Å². The zero-order chi connectivity index (χ0) is 11.4. The Morgan fingerprint density at radius 2 is 2.06 bits per heavy atom. The van der Waals surface area contributed by atoms with Crippen molar-refractivity contribution in [2.75, 3.05) is 11.4 Å². The Morgan fingerprint density at radius 1 is 1.31 bits per heavy atom. The minimum absolute atomic E-state index is 0.606. The maximum Gasteiger partial charge on any atom is 0.240 e. The van der Waals surface area contributed by atoms with Gasteiger partial charge in [0.25, 0.3) is 0 Å². The second-order valence-electron chi connectivity index (χ2n) is 4.26. The number of piperidine rings is 1. The fourth-order valence-electron chi connectivity index (χ4n) is 2.25. The molecule has 1 heterocycles. The lowest BCUT2D eigenvalue weighted by Gasteiger charge is -2.35. The van der Waals surface area contributed by atoms with Crippen LogP contribution in [0.4, 0.5) is 11.4 Å². The summed E-state index contributed by atoms with van der Waals surface area (Å²) in [6.45, 7) is 3.38. The van der Waals surface area contributed by atoms with Gasteiger partial charge in [-0.1, -0.05) is 0 Å². The Morgan fingerprint density at radius 3 is 2.69 bits per heavy atom. The van der Waals surface area contributed by atoms with Crippen LogP contribution in [-0.2, 0) is 4.79 Å². The van der Waals surface area contributed by atoms with Crippen LogP contribution in [0.25, 0.3) is 0 Å². The van der Waals surface area contributed by atoms with Crippen molar-refractivity contribution in [3.8, 4) is 0 Å². The lowest BCUT2D eigenvalue weighted by atomic mass is 10.0. The van der Waals surface area contributed by atoms with Crippen molar-refractivity contribution < 1.29 is 4.79 Å². The molecule has 0 bridgehead atoms. The molecule has 0 N–H and O–H groups in total. The summed E-state index contributed by atoms with van der Waals surface area (Å²) in [6.07, 6.45) is 5.40. The summed E-state index contributed by atoms with van der Waals surface area (Å²) in [6, 6.07) is 8.38. The maximum absolute atomic E-state index is 10.1. The molecule has 0 amide bonds. The van der Waals surface area contributed by atoms with E-state index in [4.69, 9.17) is 0 Å². The van der Waals surface area contributed by atoms with Crippen molar-refractivity contribution in [3.05, 3.63) is 24.3 Å². The van der Waals surface area contributed by atoms with E-state index in [2.05, 4.69) is 16.8 Å². The number of hydrogen-bond donors (Lipinski definition) is 0. The third-order valence-electron chi connectivity index (χ3n) is 3.16. The number of nitrogens with zero attached hydrogens (tertiary/aromatic N) is 2. The summed E-state index contributed by atoms with van der Waals surface area (Å²) in [5.41, 5.74) is 1.89. The molecule has 1 aromatic carbocycles. The van der Waals surface area contributed by atoms with Gasteiger partial charge in [-0.3, -0.25) is 0 Å². The van der Waals surface area contributed by atoms with Crippen LogP contribution in [0.2, 0.25) is 0 Å². The maximum atomic E-state index is 10.1. The van der Waals surface area contributed by atoms with Crippen molar-refractivity contribution in [1.82, 2.24) is 0 Å². The van der Waals surface area contributed by atoms with Gasteiger partial charge >= 0.3 is 0 Å². The second kappa shape index (κ2) is 4.95. The highest BCUT2D eigenvalue weighted by atomic mass is 16.1. The van der Waals surface area contributed by atoms with Gasteiger partial charge in [0.15, 0.2) is 0 Å². The van der Waals surface area contributed by atoms with Crippen molar-refractivity contribution >= 4 is 17.5 Å². The van der Waals surface area contributed by atoms with E-state index in [0.717, 1.165) is 6.54 Å². The van der Waals surface area contributed by atoms with E-state index in [1.807, 2.05) is 24.3 Å². The van der Waals surface area contributed by atoms with Gasteiger partial charge in [-0.15, -0.1) is 0 Å². The van der Waals surface area contributed by atoms with E-state index in [1.54, 1.807) is 6.08 Å². The standard InChI is InChI=1S/C13H16N2O/c1-11-4-2-3-9-15(11)13-7-5-12(6-8-13)14-10-16/h5-8,11H,2-4,9H2,1H3. The van der Waals surface area contributed by atoms with E-state index in [0.29, 0.717) is 11.7 Å². The Balaban J connectivity index is 2.16. The van der Waals surface area contributed by atoms with Crippen LogP contribution in [0.3, 0.4) is 0 Å². The van der Waals surface area contributed by atoms with Crippen LogP contribution in [0.15, 0.2) is 29.3 Å². The average Bonchev–Trinajstić information content (AvgIpc) is 2.31. The number of aliphatic imine (C=N–C) groups is 1. The summed E-state index contributed by atoms with van der Waals surface area (Å²) in [5, 5.41) is 0. The predicted molar refractivity (Wildman–Crippen MR) is 64.9 cm³/mol. The Kier molecular flexibility index (Phi) is 3.37. The third kappa shape index (κ3) is 2.31. The van der Waals surface area contributed by atoms with E-state index >= 15 is 0 Å². The largest absolute Gasteiger partial charge is 0.369 e. The first-order chi connectivity index (χ1) is 7.81. The fourth-order valence-corrected chi connectivity index (χ4v) is 2.25. The van der Waals surface area contributed by atoms with Gasteiger partial charge in [0.2, 0.25) is 6.08 Å². The summed E-state index contributed by atoms with van der Waals surface area (Å²) < 4.78 is 0. The van der Waals surface area contributed by atoms with Gasteiger partial charge in [0.1, 0.15) is 0 Å². The number of rotatable bonds is 2. The van der Waals surface area contributed by atoms with Crippen molar-refractivity contribution in [1.29, 1.82) is 0 Å². The smallest absolute Gasteiger partial charge is 0.240 e. The minimum atomic E-state index is 0.606. The molecule has 1 aromatic rings. The first-order valence-corrected chi connectivity index (χ1v) is 5.76. The molecule has 3 nitrogen and oxygen atoms in total. The topological polar surface area (TPSA) is 32.7 Å². The Bertz CT molecular complexity index is 393. The molecule has 0 saturated carbocycles. The van der Waals surface area contributed by atoms with Crippen LogP contribution < -0.4 is 4.90 Å². The highest BCUT2D eigenvalue weighted by Crippen LogP contribution is 2.26. The van der Waals surface area contributed by atoms with Crippen molar-refractivity contribution in [2.45, 2.75) is 32.2 Å². The summed E-state index contributed by atoms with van der Waals surface area (Å²) in [4.78, 5) is 16.1. The van der Waals surface area contributed by atoms with Crippen LogP contribution in [0.5, 0.6) is 0 Å². The lowest BCUT2D eigenvalue weighted by molar-refractivity contribution is 0.485. The molecule has 1 aliphatic rings. The molecule has 2 rings (SSSR count). The quantitative estimate of drug-likeness (QED) is 0.562. The molecule has 84 valence electrons. The number of benzene rings is 1. The molecule has 0 aliphatic carbocycles. The molecule has 16 heavy (non-hydrogen) atoms. The van der Waals surface area contributed by atoms with Crippen LogP contribution in [0.1, 0.15) is 26.2 Å². The highest BCUT2D eigenvalue weighted by Gasteiger charge is 2.17. The Labute approximate surface area is 95.8 Å². The molecular formula is C13H16N2O. The number of hydrogen-bond acceptors (Lipinski definition) is 3. The predicted octanol–water partition coefficient (Wildman–Crippen LogP) is 3.03. The average molecular weight is 216 g/mol. The number of anilines is 1. The lowest BCUT2D eigenvalue weighted by Crippen LogP contribution is -2.37. The molecule has 1 unspecified atom stereocenters. The highest BCUT2D eigenvalue weighted by molar-refractivity contribution is 5.56. The van der Waals surface area contributed by atoms with Crippen LogP contribution >= 0.6 is 0 Å². The molecule has 0 spiro atoms. The van der Waals surface area contributed by atoms with Gasteiger partial charge in [0, 0.05) is 18.3 Å². The molecule has 1 fully saturated rings. The SMILES string of the molecule is CC1CCCCN1c1ccc(N=C=O)cc1. The van der Waals surface area contributed by atoms with Crippen LogP contribution in [-0.4, -0.2) is 18.7 Å². The van der Waals surface area contributed by atoms with Gasteiger partial charge < -0.3 is 4.90 Å². The van der Waals surface area contributed by atoms with Gasteiger partial charge in [-0.2, -0.15) is 4.99 Å². The van der Waals surface area contributed by atoms with E-state index in [-0.39, 0.29) is 0 Å². The summed E-state index contributed by atoms with van der Waals surface area (Å²) >= 11 is 0. The molecule has 0 radical (unpaired) electrons. The number of carbonyl (C=O) groups excluding carboxylic acids is 1. The molecule has 0 aromatic heterocycles. The molecule has 1 aliphatic heterocycles. The minimum Gasteiger partial charge on any atom is -0.369 e. The first-order valence-electron chi connectivity index (χ1n) is 5.76. The molecular weight excluding hydrogens is 200 g/mol. The van der Waals surface area contributed by atoms with Crippen molar-refractivity contribution in [2.24, 2.45) is 4.99 Å². The zero-order valence-electron chi connectivity index (χ0n) is 9.52. The fraction of sp³-hybridized carbons (Fsp3) is 0.462. The van der Waals surface area contributed by atoms with Gasteiger partial charge in [-0.25, -0.2) is 4.79 Å². The van der Waals surface area contributed by atoms with E-state index < -0.39 is 0 Å². The third-order valence-corrected chi connectivity index (χ3v) is 3.16. The summed E-state index contributed by atoms with van der Waals surface area (Å²) in [7, 11) is 0. The normalized spacial score (nSPS) is 20.3. The monoisotopic (exact) mass is 216 g/mol. The number of isocyanates is 1. The van der Waals surface area contributed by atoms with Crippen molar-refractivity contribution in [3.63, 3.8) is 0 Å². The van der Waals surface area contributed by atoms with E-state index in [9.17, 15) is 4.79 Å². The zero-order valence-corrected chi connectivity index (χ0v) is 9.52. The van der Waals surface area contributed by atoms with Gasteiger partial charge in [0.05, 0.1) is 5.69 Å². The molecule has 1 atom stereocenters. The molecule has 3 heteroatoms. The summed E-state index contributed by atoms with van der Waals surface area (Å²) in [5.74, 6) is 0. The second-order valence-corrected chi connectivity index (χ2v) is 4.26. The van der Waals surface area contributed by atoms with E-state index in [1.165, 1.54) is 24.9 Å². The first kappa shape index (κ1) is 10.9.